The van der Waals surface area contributed by atoms with Crippen LogP contribution < -0.4 is 0 Å². The van der Waals surface area contributed by atoms with Crippen molar-refractivity contribution in [1.29, 1.82) is 0 Å². The van der Waals surface area contributed by atoms with E-state index in [0.29, 0.717) is 18.8 Å². The average Bonchev–Trinajstić information content (AvgIpc) is 3.16. The van der Waals surface area contributed by atoms with Crippen LogP contribution in [0, 0.1) is 0 Å². The Bertz CT molecular complexity index is 610. The Hall–Kier alpha value is -1.70. The summed E-state index contributed by atoms with van der Waals surface area (Å²) in [6.45, 7) is 2.62. The van der Waals surface area contributed by atoms with Crippen molar-refractivity contribution < 1.29 is 19.2 Å². The van der Waals surface area contributed by atoms with Crippen LogP contribution in [0.2, 0.25) is 0 Å². The number of carbonyl (C=O) groups excluding carboxylic acids is 1. The highest BCUT2D eigenvalue weighted by molar-refractivity contribution is 7.13. The molecule has 3 heterocycles. The molecule has 112 valence electrons. The fraction of sp³-hybridized carbons (Fsp3) is 0.429. The summed E-state index contributed by atoms with van der Waals surface area (Å²) in [5.41, 5.74) is 0.282. The lowest BCUT2D eigenvalue weighted by molar-refractivity contribution is -0.0860. The predicted molar refractivity (Wildman–Crippen MR) is 77.1 cm³/mol. The van der Waals surface area contributed by atoms with Crippen molar-refractivity contribution in [3.63, 3.8) is 0 Å². The Morgan fingerprint density at radius 1 is 1.57 bits per heavy atom. The van der Waals surface area contributed by atoms with Crippen molar-refractivity contribution in [2.75, 3.05) is 19.7 Å². The average molecular weight is 308 g/mol. The van der Waals surface area contributed by atoms with E-state index in [1.165, 1.54) is 11.3 Å². The molecule has 2 unspecified atom stereocenters. The summed E-state index contributed by atoms with van der Waals surface area (Å²) in [7, 11) is 0. The second kappa shape index (κ2) is 5.97. The van der Waals surface area contributed by atoms with E-state index in [2.05, 4.69) is 5.16 Å². The number of hydrogen-bond donors (Lipinski definition) is 1. The van der Waals surface area contributed by atoms with Crippen LogP contribution >= 0.6 is 11.3 Å². The van der Waals surface area contributed by atoms with Gasteiger partial charge in [-0.25, -0.2) is 0 Å². The molecule has 0 bridgehead atoms. The first kappa shape index (κ1) is 14.2. The number of aromatic nitrogens is 1. The summed E-state index contributed by atoms with van der Waals surface area (Å²) in [4.78, 5) is 15.0. The molecule has 2 aromatic rings. The molecule has 1 fully saturated rings. The Balaban J connectivity index is 1.76. The van der Waals surface area contributed by atoms with Crippen LogP contribution in [0.5, 0.6) is 0 Å². The van der Waals surface area contributed by atoms with Crippen LogP contribution in [0.4, 0.5) is 0 Å². The molecule has 2 aromatic heterocycles. The summed E-state index contributed by atoms with van der Waals surface area (Å²) in [5, 5.41) is 15.0. The van der Waals surface area contributed by atoms with E-state index in [9.17, 15) is 9.90 Å². The summed E-state index contributed by atoms with van der Waals surface area (Å²) in [6, 6.07) is 5.49. The molecule has 7 heteroatoms. The summed E-state index contributed by atoms with van der Waals surface area (Å²) in [6.07, 6.45) is -0.454. The second-order valence-electron chi connectivity index (χ2n) is 5.02. The first-order valence-electron chi connectivity index (χ1n) is 6.73. The number of hydrogen-bond acceptors (Lipinski definition) is 6. The number of ether oxygens (including phenoxy) is 1. The molecule has 1 aliphatic rings. The zero-order chi connectivity index (χ0) is 14.8. The number of thiophene rings is 1. The molecule has 1 N–H and O–H groups in total. The van der Waals surface area contributed by atoms with Crippen molar-refractivity contribution in [2.24, 2.45) is 0 Å². The fourth-order valence-electron chi connectivity index (χ4n) is 2.38. The third kappa shape index (κ3) is 2.99. The Morgan fingerprint density at radius 3 is 3.14 bits per heavy atom. The summed E-state index contributed by atoms with van der Waals surface area (Å²) < 4.78 is 10.8. The van der Waals surface area contributed by atoms with Gasteiger partial charge in [0.15, 0.2) is 11.5 Å². The highest BCUT2D eigenvalue weighted by Crippen LogP contribution is 2.25. The second-order valence-corrected chi connectivity index (χ2v) is 5.96. The maximum absolute atomic E-state index is 12.5. The lowest BCUT2D eigenvalue weighted by Gasteiger charge is -2.35. The standard InChI is InChI=1S/C14H16N2O4S/c1-9-6-16(7-10(8-17)19-9)14(18)11-5-12(20-15-11)13-3-2-4-21-13/h2-5,9-10,17H,6-8H2,1H3. The fourth-order valence-corrected chi connectivity index (χ4v) is 3.06. The highest BCUT2D eigenvalue weighted by atomic mass is 32.1. The van der Waals surface area contributed by atoms with Gasteiger partial charge in [0.05, 0.1) is 23.7 Å². The van der Waals surface area contributed by atoms with E-state index in [1.54, 1.807) is 11.0 Å². The number of morpholine rings is 1. The van der Waals surface area contributed by atoms with Crippen molar-refractivity contribution in [1.82, 2.24) is 10.1 Å². The number of aliphatic hydroxyl groups is 1. The van der Waals surface area contributed by atoms with Crippen molar-refractivity contribution in [2.45, 2.75) is 19.1 Å². The first-order valence-corrected chi connectivity index (χ1v) is 7.61. The molecule has 0 radical (unpaired) electrons. The van der Waals surface area contributed by atoms with Crippen LogP contribution in [-0.2, 0) is 4.74 Å². The topological polar surface area (TPSA) is 75.8 Å². The van der Waals surface area contributed by atoms with E-state index in [4.69, 9.17) is 9.26 Å². The molecule has 0 spiro atoms. The molecule has 0 saturated carbocycles. The van der Waals surface area contributed by atoms with E-state index in [0.717, 1.165) is 4.88 Å². The van der Waals surface area contributed by atoms with E-state index in [-0.39, 0.29) is 30.4 Å². The molecule has 1 aliphatic heterocycles. The van der Waals surface area contributed by atoms with Crippen molar-refractivity contribution >= 4 is 17.2 Å². The Labute approximate surface area is 125 Å². The predicted octanol–water partition coefficient (Wildman–Crippen LogP) is 1.62. The van der Waals surface area contributed by atoms with Crippen LogP contribution in [-0.4, -0.2) is 53.0 Å². The maximum Gasteiger partial charge on any atom is 0.276 e. The van der Waals surface area contributed by atoms with Gasteiger partial charge in [0, 0.05) is 19.2 Å². The number of aliphatic hydroxyl groups excluding tert-OH is 1. The van der Waals surface area contributed by atoms with Crippen molar-refractivity contribution in [3.05, 3.63) is 29.3 Å². The lowest BCUT2D eigenvalue weighted by atomic mass is 10.2. The van der Waals surface area contributed by atoms with Gasteiger partial charge in [-0.05, 0) is 18.4 Å². The molecule has 1 amide bonds. The summed E-state index contributed by atoms with van der Waals surface area (Å²) in [5.74, 6) is 0.392. The van der Waals surface area contributed by atoms with Gasteiger partial charge in [-0.2, -0.15) is 0 Å². The van der Waals surface area contributed by atoms with Crippen LogP contribution in [0.1, 0.15) is 17.4 Å². The van der Waals surface area contributed by atoms with Gasteiger partial charge in [-0.15, -0.1) is 11.3 Å². The zero-order valence-electron chi connectivity index (χ0n) is 11.6. The van der Waals surface area contributed by atoms with Crippen LogP contribution in [0.25, 0.3) is 10.6 Å². The quantitative estimate of drug-likeness (QED) is 0.932. The van der Waals surface area contributed by atoms with Gasteiger partial charge >= 0.3 is 0 Å². The highest BCUT2D eigenvalue weighted by Gasteiger charge is 2.30. The number of amides is 1. The zero-order valence-corrected chi connectivity index (χ0v) is 12.4. The minimum Gasteiger partial charge on any atom is -0.394 e. The minimum absolute atomic E-state index is 0.104. The number of rotatable bonds is 3. The minimum atomic E-state index is -0.346. The largest absolute Gasteiger partial charge is 0.394 e. The molecule has 0 aromatic carbocycles. The Kier molecular flexibility index (Phi) is 4.05. The van der Waals surface area contributed by atoms with Crippen LogP contribution in [0.3, 0.4) is 0 Å². The molecule has 1 saturated heterocycles. The van der Waals surface area contributed by atoms with Crippen molar-refractivity contribution in [3.8, 4) is 10.6 Å². The molecule has 3 rings (SSSR count). The molecule has 6 nitrogen and oxygen atoms in total. The number of nitrogens with zero attached hydrogens (tertiary/aromatic N) is 2. The molecule has 21 heavy (non-hydrogen) atoms. The third-order valence-corrected chi connectivity index (χ3v) is 4.19. The van der Waals surface area contributed by atoms with Gasteiger partial charge in [0.1, 0.15) is 0 Å². The van der Waals surface area contributed by atoms with Gasteiger partial charge in [0.2, 0.25) is 0 Å². The van der Waals surface area contributed by atoms with E-state index < -0.39 is 0 Å². The molecule has 0 aliphatic carbocycles. The van der Waals surface area contributed by atoms with Gasteiger partial charge in [0.25, 0.3) is 5.91 Å². The lowest BCUT2D eigenvalue weighted by Crippen LogP contribution is -2.50. The molecule has 2 atom stereocenters. The SMILES string of the molecule is CC1CN(C(=O)c2cc(-c3cccs3)on2)CC(CO)O1. The first-order chi connectivity index (χ1) is 10.2. The van der Waals surface area contributed by atoms with E-state index >= 15 is 0 Å². The monoisotopic (exact) mass is 308 g/mol. The van der Waals surface area contributed by atoms with Gasteiger partial charge < -0.3 is 19.3 Å². The number of carbonyl (C=O) groups is 1. The van der Waals surface area contributed by atoms with Gasteiger partial charge in [-0.3, -0.25) is 4.79 Å². The van der Waals surface area contributed by atoms with E-state index in [1.807, 2.05) is 24.4 Å². The third-order valence-electron chi connectivity index (χ3n) is 3.31. The van der Waals surface area contributed by atoms with Crippen LogP contribution in [0.15, 0.2) is 28.1 Å². The molecular formula is C14H16N2O4S. The maximum atomic E-state index is 12.5. The smallest absolute Gasteiger partial charge is 0.276 e. The Morgan fingerprint density at radius 2 is 2.43 bits per heavy atom. The molecular weight excluding hydrogens is 292 g/mol. The summed E-state index contributed by atoms with van der Waals surface area (Å²) >= 11 is 1.53. The van der Waals surface area contributed by atoms with Gasteiger partial charge in [-0.1, -0.05) is 11.2 Å². The normalized spacial score (nSPS) is 22.5.